The Morgan fingerprint density at radius 1 is 1.44 bits per heavy atom. The van der Waals surface area contributed by atoms with Crippen LogP contribution in [0.3, 0.4) is 0 Å². The number of alkyl halides is 5. The molecule has 2 aromatic rings. The summed E-state index contributed by atoms with van der Waals surface area (Å²) in [7, 11) is 1.31. The van der Waals surface area contributed by atoms with E-state index in [9.17, 15) is 26.7 Å². The van der Waals surface area contributed by atoms with Crippen molar-refractivity contribution < 1.29 is 26.7 Å². The van der Waals surface area contributed by atoms with Gasteiger partial charge in [-0.3, -0.25) is 14.5 Å². The van der Waals surface area contributed by atoms with E-state index in [2.05, 4.69) is 21.9 Å². The van der Waals surface area contributed by atoms with Crippen molar-refractivity contribution in [1.29, 1.82) is 0 Å². The molecule has 27 heavy (non-hydrogen) atoms. The Kier molecular flexibility index (Phi) is 6.38. The Morgan fingerprint density at radius 3 is 2.74 bits per heavy atom. The van der Waals surface area contributed by atoms with Crippen LogP contribution >= 0.6 is 11.6 Å². The van der Waals surface area contributed by atoms with E-state index >= 15 is 0 Å². The zero-order valence-electron chi connectivity index (χ0n) is 13.7. The highest BCUT2D eigenvalue weighted by atomic mass is 35.5. The first kappa shape index (κ1) is 20.6. The maximum atomic E-state index is 14.3. The van der Waals surface area contributed by atoms with E-state index in [-0.39, 0.29) is 5.56 Å². The lowest BCUT2D eigenvalue weighted by atomic mass is 10.1. The minimum absolute atomic E-state index is 0.137. The molecule has 0 fully saturated rings. The van der Waals surface area contributed by atoms with Gasteiger partial charge in [0.05, 0.1) is 17.1 Å². The number of nitrogens with zero attached hydrogens (tertiary/aromatic N) is 3. The highest BCUT2D eigenvalue weighted by Gasteiger charge is 2.36. The topological polar surface area (TPSA) is 59.8 Å². The predicted octanol–water partition coefficient (Wildman–Crippen LogP) is 3.25. The number of hydrogen-bond acceptors (Lipinski definition) is 3. The van der Waals surface area contributed by atoms with Crippen LogP contribution in [0.4, 0.5) is 22.0 Å². The van der Waals surface area contributed by atoms with Crippen molar-refractivity contribution in [2.45, 2.75) is 12.3 Å². The minimum atomic E-state index is -3.69. The number of amides is 1. The fraction of sp³-hybridized carbons (Fsp3) is 0.312. The standard InChI is InChI=1S/C16H12ClF5N4O/c1-26-7-10(12(25-26)14(19)20)15(27)24-8-16(21,22)13-11(17)5-9(6-23-13)3-2-4-18/h5-7,14H,4,8H2,1H3,(H,24,27). The summed E-state index contributed by atoms with van der Waals surface area (Å²) in [5.74, 6) is -0.394. The van der Waals surface area contributed by atoms with Gasteiger partial charge in [0.2, 0.25) is 0 Å². The molecule has 144 valence electrons. The molecule has 0 aliphatic rings. The Balaban J connectivity index is 2.16. The van der Waals surface area contributed by atoms with Gasteiger partial charge in [-0.15, -0.1) is 0 Å². The summed E-state index contributed by atoms with van der Waals surface area (Å²) in [5.41, 5.74) is -2.03. The van der Waals surface area contributed by atoms with Crippen molar-refractivity contribution >= 4 is 17.5 Å². The molecule has 0 radical (unpaired) electrons. The third kappa shape index (κ3) is 4.95. The molecule has 2 heterocycles. The number of aromatic nitrogens is 3. The molecule has 0 aliphatic carbocycles. The second-order valence-electron chi connectivity index (χ2n) is 5.28. The molecule has 1 amide bonds. The number of nitrogens with one attached hydrogen (secondary N) is 1. The Hall–Kier alpha value is -2.67. The minimum Gasteiger partial charge on any atom is -0.345 e. The van der Waals surface area contributed by atoms with Crippen LogP contribution in [0.25, 0.3) is 0 Å². The number of aryl methyl sites for hydroxylation is 1. The molecular formula is C16H12ClF5N4O. The lowest BCUT2D eigenvalue weighted by Gasteiger charge is -2.17. The smallest absolute Gasteiger partial charge is 0.308 e. The molecule has 2 aromatic heterocycles. The molecule has 0 aromatic carbocycles. The van der Waals surface area contributed by atoms with Gasteiger partial charge in [0, 0.05) is 25.0 Å². The van der Waals surface area contributed by atoms with Crippen molar-refractivity contribution in [3.8, 4) is 11.8 Å². The molecule has 0 unspecified atom stereocenters. The SMILES string of the molecule is Cn1cc(C(=O)NCC(F)(F)c2ncc(C#CCF)cc2Cl)c(C(F)F)n1. The molecule has 0 spiro atoms. The summed E-state index contributed by atoms with van der Waals surface area (Å²) in [4.78, 5) is 15.5. The maximum absolute atomic E-state index is 14.3. The largest absolute Gasteiger partial charge is 0.345 e. The molecule has 0 aliphatic heterocycles. The van der Waals surface area contributed by atoms with Crippen molar-refractivity contribution in [3.63, 3.8) is 0 Å². The monoisotopic (exact) mass is 406 g/mol. The van der Waals surface area contributed by atoms with Crippen LogP contribution in [0.5, 0.6) is 0 Å². The molecule has 0 saturated heterocycles. The van der Waals surface area contributed by atoms with Crippen molar-refractivity contribution in [3.05, 3.63) is 46.0 Å². The Morgan fingerprint density at radius 2 is 2.15 bits per heavy atom. The van der Waals surface area contributed by atoms with Gasteiger partial charge >= 0.3 is 5.92 Å². The molecule has 0 atom stereocenters. The quantitative estimate of drug-likeness (QED) is 0.612. The van der Waals surface area contributed by atoms with Crippen LogP contribution in [0.2, 0.25) is 5.02 Å². The van der Waals surface area contributed by atoms with Crippen LogP contribution in [0.15, 0.2) is 18.5 Å². The first-order chi connectivity index (χ1) is 12.7. The Bertz CT molecular complexity index is 904. The Labute approximate surface area is 155 Å². The van der Waals surface area contributed by atoms with Gasteiger partial charge in [-0.05, 0) is 6.07 Å². The highest BCUT2D eigenvalue weighted by Crippen LogP contribution is 2.31. The van der Waals surface area contributed by atoms with E-state index < -0.39 is 53.4 Å². The third-order valence-corrected chi connectivity index (χ3v) is 3.55. The van der Waals surface area contributed by atoms with E-state index in [4.69, 9.17) is 11.6 Å². The third-order valence-electron chi connectivity index (χ3n) is 3.27. The summed E-state index contributed by atoms with van der Waals surface area (Å²) in [6, 6.07) is 1.08. The average Bonchev–Trinajstić information content (AvgIpc) is 3.00. The fourth-order valence-electron chi connectivity index (χ4n) is 2.12. The van der Waals surface area contributed by atoms with Crippen molar-refractivity contribution in [1.82, 2.24) is 20.1 Å². The van der Waals surface area contributed by atoms with Crippen LogP contribution in [-0.4, -0.2) is 33.9 Å². The van der Waals surface area contributed by atoms with Gasteiger partial charge in [0.1, 0.15) is 11.4 Å². The normalized spacial score (nSPS) is 11.3. The van der Waals surface area contributed by atoms with Crippen LogP contribution in [0, 0.1) is 11.8 Å². The van der Waals surface area contributed by atoms with Gasteiger partial charge in [0.25, 0.3) is 12.3 Å². The van der Waals surface area contributed by atoms with Crippen LogP contribution in [-0.2, 0) is 13.0 Å². The van der Waals surface area contributed by atoms with E-state index in [1.165, 1.54) is 7.05 Å². The fourth-order valence-corrected chi connectivity index (χ4v) is 2.43. The molecule has 0 saturated carbocycles. The molecule has 5 nitrogen and oxygen atoms in total. The summed E-state index contributed by atoms with van der Waals surface area (Å²) in [6.45, 7) is -2.15. The number of carbonyl (C=O) groups is 1. The zero-order valence-corrected chi connectivity index (χ0v) is 14.5. The number of pyridine rings is 1. The van der Waals surface area contributed by atoms with Crippen molar-refractivity contribution in [2.75, 3.05) is 13.2 Å². The maximum Gasteiger partial charge on any atom is 0.308 e. The first-order valence-electron chi connectivity index (χ1n) is 7.34. The summed E-state index contributed by atoms with van der Waals surface area (Å²) in [5, 5.41) is 4.86. The molecule has 2 rings (SSSR count). The van der Waals surface area contributed by atoms with E-state index in [0.717, 1.165) is 23.1 Å². The van der Waals surface area contributed by atoms with Gasteiger partial charge < -0.3 is 5.32 Å². The summed E-state index contributed by atoms with van der Waals surface area (Å²) >= 11 is 5.77. The highest BCUT2D eigenvalue weighted by molar-refractivity contribution is 6.31. The molecule has 1 N–H and O–H groups in total. The predicted molar refractivity (Wildman–Crippen MR) is 86.5 cm³/mol. The summed E-state index contributed by atoms with van der Waals surface area (Å²) in [6.07, 6.45) is -1.06. The van der Waals surface area contributed by atoms with Gasteiger partial charge in [-0.1, -0.05) is 23.4 Å². The number of halogens is 6. The average molecular weight is 407 g/mol. The number of hydrogen-bond donors (Lipinski definition) is 1. The van der Waals surface area contributed by atoms with E-state index in [0.29, 0.717) is 0 Å². The second kappa shape index (κ2) is 8.35. The lowest BCUT2D eigenvalue weighted by molar-refractivity contribution is -0.00668. The zero-order chi connectivity index (χ0) is 20.2. The van der Waals surface area contributed by atoms with Crippen LogP contribution in [0.1, 0.15) is 33.7 Å². The molecule has 11 heteroatoms. The molecular weight excluding hydrogens is 395 g/mol. The number of rotatable bonds is 5. The van der Waals surface area contributed by atoms with E-state index in [1.54, 1.807) is 0 Å². The number of carbonyl (C=O) groups excluding carboxylic acids is 1. The van der Waals surface area contributed by atoms with E-state index in [1.807, 2.05) is 5.32 Å². The second-order valence-corrected chi connectivity index (χ2v) is 5.69. The first-order valence-corrected chi connectivity index (χ1v) is 7.72. The van der Waals surface area contributed by atoms with Gasteiger partial charge in [-0.25, -0.2) is 13.2 Å². The van der Waals surface area contributed by atoms with Gasteiger partial charge in [0.15, 0.2) is 6.67 Å². The van der Waals surface area contributed by atoms with Crippen LogP contribution < -0.4 is 5.32 Å². The summed E-state index contributed by atoms with van der Waals surface area (Å²) < 4.78 is 67.3. The molecule has 0 bridgehead atoms. The van der Waals surface area contributed by atoms with Crippen molar-refractivity contribution in [2.24, 2.45) is 7.05 Å². The lowest BCUT2D eigenvalue weighted by Crippen LogP contribution is -2.36. The van der Waals surface area contributed by atoms with Gasteiger partial charge in [-0.2, -0.15) is 13.9 Å².